The summed E-state index contributed by atoms with van der Waals surface area (Å²) in [7, 11) is 0. The largest absolute Gasteiger partial charge is 0.291 e. The molecule has 0 unspecified atom stereocenters. The molecule has 1 aromatic carbocycles. The Balaban J connectivity index is 3.13. The number of carbonyl (C=O) groups excluding carboxylic acids is 1. The summed E-state index contributed by atoms with van der Waals surface area (Å²) < 4.78 is 24.5. The van der Waals surface area contributed by atoms with Crippen LogP contribution in [-0.4, -0.2) is 12.5 Å². The number of benzene rings is 1. The van der Waals surface area contributed by atoms with Crippen LogP contribution < -0.4 is 0 Å². The Labute approximate surface area is 69.0 Å². The Morgan fingerprint density at radius 1 is 1.50 bits per heavy atom. The van der Waals surface area contributed by atoms with Gasteiger partial charge in [-0.15, -0.1) is 0 Å². The van der Waals surface area contributed by atoms with Gasteiger partial charge in [-0.1, -0.05) is 6.07 Å². The molecule has 1 rings (SSSR count). The van der Waals surface area contributed by atoms with Gasteiger partial charge in [0.15, 0.2) is 12.5 Å². The summed E-state index contributed by atoms with van der Waals surface area (Å²) >= 11 is 0. The zero-order chi connectivity index (χ0) is 9.14. The van der Waals surface area contributed by atoms with E-state index in [-0.39, 0.29) is 5.56 Å². The molecule has 0 aromatic heterocycles. The van der Waals surface area contributed by atoms with E-state index in [9.17, 15) is 13.6 Å². The molecule has 0 saturated heterocycles. The molecule has 1 aromatic rings. The lowest BCUT2D eigenvalue weighted by Gasteiger charge is -2.00. The predicted molar refractivity (Wildman–Crippen MR) is 41.4 cm³/mol. The number of ketones is 1. The van der Waals surface area contributed by atoms with Gasteiger partial charge in [-0.25, -0.2) is 8.78 Å². The maximum Gasteiger partial charge on any atom is 0.194 e. The van der Waals surface area contributed by atoms with Crippen LogP contribution in [-0.2, 0) is 0 Å². The lowest BCUT2D eigenvalue weighted by molar-refractivity contribution is 0.0957. The van der Waals surface area contributed by atoms with Crippen molar-refractivity contribution in [2.75, 3.05) is 6.67 Å². The van der Waals surface area contributed by atoms with Crippen LogP contribution in [0.1, 0.15) is 15.9 Å². The fourth-order valence-electron chi connectivity index (χ4n) is 0.967. The van der Waals surface area contributed by atoms with Crippen LogP contribution >= 0.6 is 0 Å². The van der Waals surface area contributed by atoms with Crippen molar-refractivity contribution in [2.45, 2.75) is 6.92 Å². The summed E-state index contributed by atoms with van der Waals surface area (Å²) in [6.45, 7) is 0.562. The summed E-state index contributed by atoms with van der Waals surface area (Å²) in [5.74, 6) is -1.19. The average molecular weight is 170 g/mol. The van der Waals surface area contributed by atoms with Crippen molar-refractivity contribution in [1.29, 1.82) is 0 Å². The number of hydrogen-bond acceptors (Lipinski definition) is 1. The normalized spacial score (nSPS) is 9.92. The lowest BCUT2D eigenvalue weighted by Crippen LogP contribution is -2.03. The van der Waals surface area contributed by atoms with E-state index in [1.54, 1.807) is 6.92 Å². The van der Waals surface area contributed by atoms with Crippen LogP contribution in [0.2, 0.25) is 0 Å². The van der Waals surface area contributed by atoms with Gasteiger partial charge in [0.1, 0.15) is 5.82 Å². The Bertz CT molecular complexity index is 307. The predicted octanol–water partition coefficient (Wildman–Crippen LogP) is 2.29. The molecular formula is C9H8F2O. The second kappa shape index (κ2) is 3.43. The standard InChI is InChI=1S/C9H8F2O/c1-6-2-3-7(11)4-8(6)9(12)5-10/h2-4H,5H2,1H3. The van der Waals surface area contributed by atoms with Gasteiger partial charge >= 0.3 is 0 Å². The number of alkyl halides is 1. The van der Waals surface area contributed by atoms with Crippen LogP contribution in [0, 0.1) is 12.7 Å². The Morgan fingerprint density at radius 2 is 2.17 bits per heavy atom. The molecule has 12 heavy (non-hydrogen) atoms. The van der Waals surface area contributed by atoms with E-state index in [1.165, 1.54) is 12.1 Å². The second-order valence-electron chi connectivity index (χ2n) is 2.52. The monoisotopic (exact) mass is 170 g/mol. The quantitative estimate of drug-likeness (QED) is 0.622. The topological polar surface area (TPSA) is 17.1 Å². The van der Waals surface area contributed by atoms with Gasteiger partial charge in [-0.2, -0.15) is 0 Å². The van der Waals surface area contributed by atoms with E-state index in [0.29, 0.717) is 5.56 Å². The molecule has 0 N–H and O–H groups in total. The number of Topliss-reactive ketones (excluding diaryl/α,β-unsaturated/α-hetero) is 1. The van der Waals surface area contributed by atoms with E-state index >= 15 is 0 Å². The average Bonchev–Trinajstić information content (AvgIpc) is 2.08. The van der Waals surface area contributed by atoms with Crippen LogP contribution in [0.5, 0.6) is 0 Å². The van der Waals surface area contributed by atoms with Gasteiger partial charge in [0.2, 0.25) is 0 Å². The SMILES string of the molecule is Cc1ccc(F)cc1C(=O)CF. The highest BCUT2D eigenvalue weighted by Crippen LogP contribution is 2.10. The lowest BCUT2D eigenvalue weighted by atomic mass is 10.1. The summed E-state index contributed by atoms with van der Waals surface area (Å²) in [4.78, 5) is 10.8. The molecule has 0 spiro atoms. The van der Waals surface area contributed by atoms with E-state index in [2.05, 4.69) is 0 Å². The van der Waals surface area contributed by atoms with E-state index in [4.69, 9.17) is 0 Å². The summed E-state index contributed by atoms with van der Waals surface area (Å²) in [6, 6.07) is 3.75. The number of halogens is 2. The minimum atomic E-state index is -1.08. The highest BCUT2D eigenvalue weighted by Gasteiger charge is 2.08. The molecule has 0 aliphatic rings. The van der Waals surface area contributed by atoms with Crippen LogP contribution in [0.3, 0.4) is 0 Å². The van der Waals surface area contributed by atoms with Crippen molar-refractivity contribution < 1.29 is 13.6 Å². The third kappa shape index (κ3) is 1.67. The fraction of sp³-hybridized carbons (Fsp3) is 0.222. The molecule has 0 saturated carbocycles. The second-order valence-corrected chi connectivity index (χ2v) is 2.52. The summed E-state index contributed by atoms with van der Waals surface area (Å²) in [5, 5.41) is 0. The minimum absolute atomic E-state index is 0.123. The van der Waals surface area contributed by atoms with Gasteiger partial charge < -0.3 is 0 Å². The van der Waals surface area contributed by atoms with Crippen molar-refractivity contribution in [3.63, 3.8) is 0 Å². The molecule has 0 bridgehead atoms. The van der Waals surface area contributed by atoms with Crippen molar-refractivity contribution in [2.24, 2.45) is 0 Å². The molecule has 64 valence electrons. The molecule has 0 heterocycles. The molecule has 0 aliphatic carbocycles. The molecule has 0 atom stereocenters. The van der Waals surface area contributed by atoms with Gasteiger partial charge in [-0.05, 0) is 24.6 Å². The number of rotatable bonds is 2. The van der Waals surface area contributed by atoms with Crippen LogP contribution in [0.15, 0.2) is 18.2 Å². The first-order valence-electron chi connectivity index (χ1n) is 3.50. The first-order chi connectivity index (χ1) is 5.65. The highest BCUT2D eigenvalue weighted by atomic mass is 19.1. The molecule has 0 radical (unpaired) electrons. The van der Waals surface area contributed by atoms with E-state index in [0.717, 1.165) is 6.07 Å². The maximum atomic E-state index is 12.6. The molecule has 0 aliphatic heterocycles. The van der Waals surface area contributed by atoms with E-state index in [1.807, 2.05) is 0 Å². The number of hydrogen-bond donors (Lipinski definition) is 0. The van der Waals surface area contributed by atoms with Crippen molar-refractivity contribution in [3.8, 4) is 0 Å². The number of aryl methyl sites for hydroxylation is 1. The van der Waals surface area contributed by atoms with Gasteiger partial charge in [0.25, 0.3) is 0 Å². The smallest absolute Gasteiger partial charge is 0.194 e. The number of carbonyl (C=O) groups is 1. The molecule has 3 heteroatoms. The van der Waals surface area contributed by atoms with Crippen LogP contribution in [0.4, 0.5) is 8.78 Å². The first kappa shape index (κ1) is 8.84. The van der Waals surface area contributed by atoms with Crippen LogP contribution in [0.25, 0.3) is 0 Å². The zero-order valence-corrected chi connectivity index (χ0v) is 6.60. The maximum absolute atomic E-state index is 12.6. The fourth-order valence-corrected chi connectivity index (χ4v) is 0.967. The Hall–Kier alpha value is -1.25. The Morgan fingerprint density at radius 3 is 2.75 bits per heavy atom. The Kier molecular flexibility index (Phi) is 2.53. The van der Waals surface area contributed by atoms with Gasteiger partial charge in [0.05, 0.1) is 0 Å². The van der Waals surface area contributed by atoms with Crippen molar-refractivity contribution >= 4 is 5.78 Å². The molecule has 0 amide bonds. The first-order valence-corrected chi connectivity index (χ1v) is 3.50. The summed E-state index contributed by atoms with van der Waals surface area (Å²) in [6.07, 6.45) is 0. The summed E-state index contributed by atoms with van der Waals surface area (Å²) in [5.41, 5.74) is 0.719. The third-order valence-electron chi connectivity index (χ3n) is 1.62. The van der Waals surface area contributed by atoms with Gasteiger partial charge in [-0.3, -0.25) is 4.79 Å². The molecule has 0 fully saturated rings. The third-order valence-corrected chi connectivity index (χ3v) is 1.62. The van der Waals surface area contributed by atoms with Crippen molar-refractivity contribution in [1.82, 2.24) is 0 Å². The van der Waals surface area contributed by atoms with Crippen molar-refractivity contribution in [3.05, 3.63) is 35.1 Å². The zero-order valence-electron chi connectivity index (χ0n) is 6.60. The van der Waals surface area contributed by atoms with E-state index < -0.39 is 18.3 Å². The molecule has 1 nitrogen and oxygen atoms in total. The minimum Gasteiger partial charge on any atom is -0.291 e. The van der Waals surface area contributed by atoms with Gasteiger partial charge in [0, 0.05) is 5.56 Å². The molecular weight excluding hydrogens is 162 g/mol. The highest BCUT2D eigenvalue weighted by molar-refractivity contribution is 5.98.